The highest BCUT2D eigenvalue weighted by Gasteiger charge is 2.34. The van der Waals surface area contributed by atoms with E-state index in [0.717, 1.165) is 18.5 Å². The minimum atomic E-state index is -4.51. The minimum absolute atomic E-state index is 0.0197. The van der Waals surface area contributed by atoms with Gasteiger partial charge in [-0.25, -0.2) is 4.79 Å². The predicted molar refractivity (Wildman–Crippen MR) is 56.4 cm³/mol. The van der Waals surface area contributed by atoms with E-state index in [2.05, 4.69) is 9.97 Å². The molecule has 0 aliphatic carbocycles. The number of aromatic amines is 1. The molecule has 0 radical (unpaired) electrons. The molecule has 0 amide bonds. The second-order valence-electron chi connectivity index (χ2n) is 3.35. The number of H-pyrrole nitrogens is 1. The number of rotatable bonds is 2. The van der Waals surface area contributed by atoms with Gasteiger partial charge in [-0.2, -0.15) is 18.2 Å². The molecule has 0 fully saturated rings. The van der Waals surface area contributed by atoms with Crippen molar-refractivity contribution in [2.24, 2.45) is 0 Å². The topological polar surface area (TPSA) is 55.0 Å². The molecule has 18 heavy (non-hydrogen) atoms. The molecule has 1 aromatic heterocycles. The number of para-hydroxylation sites is 1. The third-order valence-corrected chi connectivity index (χ3v) is 2.07. The van der Waals surface area contributed by atoms with E-state index >= 15 is 0 Å². The third kappa shape index (κ3) is 2.68. The summed E-state index contributed by atoms with van der Waals surface area (Å²) in [5.74, 6) is -0.329. The predicted octanol–water partition coefficient (Wildman–Crippen LogP) is 2.58. The summed E-state index contributed by atoms with van der Waals surface area (Å²) in [6.07, 6.45) is -2.32. The first-order valence-electron chi connectivity index (χ1n) is 4.85. The zero-order valence-corrected chi connectivity index (χ0v) is 8.86. The number of benzene rings is 1. The maximum absolute atomic E-state index is 12.7. The first kappa shape index (κ1) is 12.2. The van der Waals surface area contributed by atoms with Crippen LogP contribution >= 0.6 is 0 Å². The van der Waals surface area contributed by atoms with Crippen LogP contribution in [0.25, 0.3) is 0 Å². The number of hydrogen-bond acceptors (Lipinski definition) is 3. The van der Waals surface area contributed by atoms with E-state index in [1.807, 2.05) is 0 Å². The number of hydrogen-bond donors (Lipinski definition) is 1. The van der Waals surface area contributed by atoms with E-state index in [-0.39, 0.29) is 11.5 Å². The van der Waals surface area contributed by atoms with Crippen LogP contribution in [-0.4, -0.2) is 9.97 Å². The number of nitrogens with one attached hydrogen (secondary N) is 1. The summed E-state index contributed by atoms with van der Waals surface area (Å²) in [4.78, 5) is 16.3. The van der Waals surface area contributed by atoms with Gasteiger partial charge in [-0.15, -0.1) is 0 Å². The SMILES string of the molecule is O=c1ncc(Oc2ccccc2C(F)(F)F)c[nH]1. The molecular weight excluding hydrogens is 249 g/mol. The van der Waals surface area contributed by atoms with Crippen LogP contribution in [0.5, 0.6) is 11.5 Å². The van der Waals surface area contributed by atoms with Crippen LogP contribution in [-0.2, 0) is 6.18 Å². The quantitative estimate of drug-likeness (QED) is 0.898. The van der Waals surface area contributed by atoms with Crippen molar-refractivity contribution in [3.05, 3.63) is 52.7 Å². The van der Waals surface area contributed by atoms with Crippen molar-refractivity contribution in [3.63, 3.8) is 0 Å². The van der Waals surface area contributed by atoms with Gasteiger partial charge in [0.1, 0.15) is 5.75 Å². The molecule has 4 nitrogen and oxygen atoms in total. The van der Waals surface area contributed by atoms with Gasteiger partial charge < -0.3 is 9.72 Å². The zero-order chi connectivity index (χ0) is 13.2. The molecule has 0 bridgehead atoms. The van der Waals surface area contributed by atoms with Crippen LogP contribution in [0.15, 0.2) is 41.5 Å². The minimum Gasteiger partial charge on any atom is -0.454 e. The van der Waals surface area contributed by atoms with Crippen molar-refractivity contribution >= 4 is 0 Å². The van der Waals surface area contributed by atoms with Crippen molar-refractivity contribution in [2.45, 2.75) is 6.18 Å². The van der Waals surface area contributed by atoms with E-state index in [1.165, 1.54) is 18.2 Å². The van der Waals surface area contributed by atoms with Crippen molar-refractivity contribution in [1.29, 1.82) is 0 Å². The van der Waals surface area contributed by atoms with Gasteiger partial charge in [-0.1, -0.05) is 12.1 Å². The Morgan fingerprint density at radius 2 is 1.94 bits per heavy atom. The first-order chi connectivity index (χ1) is 8.47. The lowest BCUT2D eigenvalue weighted by Gasteiger charge is -2.12. The van der Waals surface area contributed by atoms with Crippen molar-refractivity contribution in [3.8, 4) is 11.5 Å². The van der Waals surface area contributed by atoms with E-state index in [1.54, 1.807) is 0 Å². The van der Waals surface area contributed by atoms with Gasteiger partial charge in [0.2, 0.25) is 0 Å². The molecular formula is C11H7F3N2O2. The molecule has 7 heteroatoms. The van der Waals surface area contributed by atoms with Crippen LogP contribution < -0.4 is 10.4 Å². The number of aromatic nitrogens is 2. The van der Waals surface area contributed by atoms with E-state index < -0.39 is 17.4 Å². The Morgan fingerprint density at radius 3 is 2.56 bits per heavy atom. The summed E-state index contributed by atoms with van der Waals surface area (Å²) < 4.78 is 43.0. The number of ether oxygens (including phenoxy) is 1. The van der Waals surface area contributed by atoms with Gasteiger partial charge in [0.15, 0.2) is 5.75 Å². The Bertz CT molecular complexity index is 587. The lowest BCUT2D eigenvalue weighted by molar-refractivity contribution is -0.138. The Balaban J connectivity index is 2.35. The standard InChI is InChI=1S/C11H7F3N2O2/c12-11(13,14)8-3-1-2-4-9(8)18-7-5-15-10(17)16-6-7/h1-6H,(H,15,16,17). The summed E-state index contributed by atoms with van der Waals surface area (Å²) >= 11 is 0. The molecule has 2 aromatic rings. The summed E-state index contributed by atoms with van der Waals surface area (Å²) in [6.45, 7) is 0. The Labute approximate surface area is 99.1 Å². The van der Waals surface area contributed by atoms with Crippen LogP contribution in [0.3, 0.4) is 0 Å². The molecule has 1 heterocycles. The molecule has 0 saturated heterocycles. The molecule has 0 spiro atoms. The largest absolute Gasteiger partial charge is 0.454 e. The van der Waals surface area contributed by atoms with Gasteiger partial charge in [0, 0.05) is 0 Å². The smallest absolute Gasteiger partial charge is 0.419 e. The summed E-state index contributed by atoms with van der Waals surface area (Å²) in [6, 6.07) is 4.78. The van der Waals surface area contributed by atoms with Crippen LogP contribution in [0.2, 0.25) is 0 Å². The molecule has 0 unspecified atom stereocenters. The second kappa shape index (κ2) is 4.52. The normalized spacial score (nSPS) is 11.3. The average Bonchev–Trinajstić information content (AvgIpc) is 2.31. The van der Waals surface area contributed by atoms with Gasteiger partial charge in [0.05, 0.1) is 18.0 Å². The molecule has 0 aliphatic rings. The maximum Gasteiger partial charge on any atom is 0.419 e. The third-order valence-electron chi connectivity index (χ3n) is 2.07. The van der Waals surface area contributed by atoms with E-state index in [4.69, 9.17) is 4.74 Å². The zero-order valence-electron chi connectivity index (χ0n) is 8.86. The fourth-order valence-corrected chi connectivity index (χ4v) is 1.30. The number of alkyl halides is 3. The average molecular weight is 256 g/mol. The molecule has 1 aromatic carbocycles. The summed E-state index contributed by atoms with van der Waals surface area (Å²) in [5, 5.41) is 0. The Hall–Kier alpha value is -2.31. The highest BCUT2D eigenvalue weighted by molar-refractivity contribution is 5.38. The Kier molecular flexibility index (Phi) is 3.05. The molecule has 2 rings (SSSR count). The first-order valence-corrected chi connectivity index (χ1v) is 4.85. The van der Waals surface area contributed by atoms with Crippen LogP contribution in [0.4, 0.5) is 13.2 Å². The lowest BCUT2D eigenvalue weighted by atomic mass is 10.2. The van der Waals surface area contributed by atoms with Gasteiger partial charge >= 0.3 is 11.9 Å². The van der Waals surface area contributed by atoms with E-state index in [9.17, 15) is 18.0 Å². The van der Waals surface area contributed by atoms with Gasteiger partial charge in [0.25, 0.3) is 0 Å². The molecule has 94 valence electrons. The maximum atomic E-state index is 12.7. The molecule has 0 aliphatic heterocycles. The van der Waals surface area contributed by atoms with Crippen LogP contribution in [0, 0.1) is 0 Å². The molecule has 0 atom stereocenters. The fourth-order valence-electron chi connectivity index (χ4n) is 1.30. The van der Waals surface area contributed by atoms with Gasteiger partial charge in [-0.3, -0.25) is 0 Å². The van der Waals surface area contributed by atoms with Gasteiger partial charge in [-0.05, 0) is 12.1 Å². The second-order valence-corrected chi connectivity index (χ2v) is 3.35. The van der Waals surface area contributed by atoms with E-state index in [0.29, 0.717) is 0 Å². The fraction of sp³-hybridized carbons (Fsp3) is 0.0909. The summed E-state index contributed by atoms with van der Waals surface area (Å²) in [7, 11) is 0. The van der Waals surface area contributed by atoms with Crippen LogP contribution in [0.1, 0.15) is 5.56 Å². The highest BCUT2D eigenvalue weighted by atomic mass is 19.4. The summed E-state index contributed by atoms with van der Waals surface area (Å²) in [5.41, 5.74) is -1.50. The Morgan fingerprint density at radius 1 is 1.22 bits per heavy atom. The number of halogens is 3. The lowest BCUT2D eigenvalue weighted by Crippen LogP contribution is -2.09. The van der Waals surface area contributed by atoms with Crippen molar-refractivity contribution in [1.82, 2.24) is 9.97 Å². The van der Waals surface area contributed by atoms with Crippen molar-refractivity contribution < 1.29 is 17.9 Å². The number of nitrogens with zero attached hydrogens (tertiary/aromatic N) is 1. The highest BCUT2D eigenvalue weighted by Crippen LogP contribution is 2.37. The van der Waals surface area contributed by atoms with Crippen molar-refractivity contribution in [2.75, 3.05) is 0 Å². The molecule has 0 saturated carbocycles. The molecule has 1 N–H and O–H groups in total. The monoisotopic (exact) mass is 256 g/mol.